The molecule has 0 saturated carbocycles. The third-order valence-corrected chi connectivity index (χ3v) is 5.07. The van der Waals surface area contributed by atoms with E-state index in [0.717, 1.165) is 10.9 Å². The molecule has 0 fully saturated rings. The van der Waals surface area contributed by atoms with Gasteiger partial charge in [0.1, 0.15) is 24.2 Å². The van der Waals surface area contributed by atoms with Crippen molar-refractivity contribution in [1.29, 1.82) is 0 Å². The maximum absolute atomic E-state index is 12.9. The van der Waals surface area contributed by atoms with Crippen molar-refractivity contribution < 1.29 is 44.4 Å². The highest BCUT2D eigenvalue weighted by Crippen LogP contribution is 2.19. The van der Waals surface area contributed by atoms with E-state index in [0.29, 0.717) is 5.56 Å². The van der Waals surface area contributed by atoms with Crippen LogP contribution in [0.5, 0.6) is 0 Å². The van der Waals surface area contributed by atoms with E-state index in [4.69, 9.17) is 15.9 Å². The van der Waals surface area contributed by atoms with Crippen molar-refractivity contribution in [3.63, 3.8) is 0 Å². The van der Waals surface area contributed by atoms with Gasteiger partial charge >= 0.3 is 11.9 Å². The van der Waals surface area contributed by atoms with Crippen molar-refractivity contribution >= 4 is 40.6 Å². The minimum atomic E-state index is -1.77. The Morgan fingerprint density at radius 2 is 1.46 bits per heavy atom. The third-order valence-electron chi connectivity index (χ3n) is 5.07. The number of hydrogen-bond acceptors (Lipinski definition) is 8. The number of fused-ring (bicyclic) bond motifs is 1. The summed E-state index contributed by atoms with van der Waals surface area (Å²) in [5, 5.41) is 44.0. The van der Waals surface area contributed by atoms with E-state index >= 15 is 0 Å². The number of aromatic amines is 1. The van der Waals surface area contributed by atoms with Crippen molar-refractivity contribution in [2.45, 2.75) is 37.0 Å². The Morgan fingerprint density at radius 1 is 0.857 bits per heavy atom. The van der Waals surface area contributed by atoms with Gasteiger partial charge in [-0.1, -0.05) is 18.2 Å². The van der Waals surface area contributed by atoms with E-state index in [2.05, 4.69) is 20.9 Å². The second-order valence-corrected chi connectivity index (χ2v) is 7.65. The maximum atomic E-state index is 12.9. The van der Waals surface area contributed by atoms with Crippen LogP contribution in [0.1, 0.15) is 12.0 Å². The van der Waals surface area contributed by atoms with E-state index in [1.54, 1.807) is 30.5 Å². The third kappa shape index (κ3) is 7.49. The van der Waals surface area contributed by atoms with Gasteiger partial charge in [0.15, 0.2) is 0 Å². The zero-order valence-corrected chi connectivity index (χ0v) is 18.4. The first-order valence-corrected chi connectivity index (χ1v) is 10.4. The molecule has 3 amide bonds. The Bertz CT molecular complexity index is 1090. The summed E-state index contributed by atoms with van der Waals surface area (Å²) in [6.45, 7) is -1.58. The Labute approximate surface area is 198 Å². The molecule has 0 radical (unpaired) electrons. The minimum absolute atomic E-state index is 0.136. The monoisotopic (exact) mass is 493 g/mol. The van der Waals surface area contributed by atoms with Crippen LogP contribution in [0.4, 0.5) is 0 Å². The molecule has 1 heterocycles. The van der Waals surface area contributed by atoms with E-state index < -0.39 is 73.5 Å². The van der Waals surface area contributed by atoms with Crippen LogP contribution >= 0.6 is 0 Å². The van der Waals surface area contributed by atoms with Crippen molar-refractivity contribution in [2.75, 3.05) is 13.2 Å². The maximum Gasteiger partial charge on any atom is 0.326 e. The second-order valence-electron chi connectivity index (χ2n) is 7.65. The normalized spacial score (nSPS) is 14.4. The zero-order chi connectivity index (χ0) is 26.1. The minimum Gasteiger partial charge on any atom is -0.481 e. The molecule has 190 valence electrons. The van der Waals surface area contributed by atoms with Crippen LogP contribution in [0.15, 0.2) is 30.5 Å². The Balaban J connectivity index is 2.28. The van der Waals surface area contributed by atoms with Gasteiger partial charge in [0, 0.05) is 23.5 Å². The average Bonchev–Trinajstić information content (AvgIpc) is 3.23. The van der Waals surface area contributed by atoms with Gasteiger partial charge in [-0.15, -0.1) is 0 Å². The van der Waals surface area contributed by atoms with Gasteiger partial charge in [0.05, 0.1) is 19.6 Å². The molecule has 4 unspecified atom stereocenters. The topological polar surface area (TPSA) is 244 Å². The first-order valence-electron chi connectivity index (χ1n) is 10.4. The molecule has 0 bridgehead atoms. The fraction of sp³-hybridized carbons (Fsp3) is 0.381. The summed E-state index contributed by atoms with van der Waals surface area (Å²) >= 11 is 0. The number of nitrogens with two attached hydrogens (primary N) is 1. The van der Waals surface area contributed by atoms with Gasteiger partial charge in [-0.2, -0.15) is 0 Å². The highest BCUT2D eigenvalue weighted by molar-refractivity contribution is 5.95. The number of amides is 3. The number of aliphatic carboxylic acids is 2. The van der Waals surface area contributed by atoms with E-state index in [-0.39, 0.29) is 6.42 Å². The van der Waals surface area contributed by atoms with E-state index in [1.807, 2.05) is 0 Å². The number of hydrogen-bond donors (Lipinski definition) is 9. The predicted molar refractivity (Wildman–Crippen MR) is 120 cm³/mol. The highest BCUT2D eigenvalue weighted by atomic mass is 16.4. The number of rotatable bonds is 13. The van der Waals surface area contributed by atoms with Crippen LogP contribution < -0.4 is 21.7 Å². The van der Waals surface area contributed by atoms with Crippen molar-refractivity contribution in [2.24, 2.45) is 5.73 Å². The number of aliphatic hydroxyl groups excluding tert-OH is 2. The summed E-state index contributed by atoms with van der Waals surface area (Å²) in [5.41, 5.74) is 6.71. The molecular weight excluding hydrogens is 466 g/mol. The first kappa shape index (κ1) is 27.2. The number of aliphatic hydroxyl groups is 2. The Hall–Kier alpha value is -4.01. The number of aromatic nitrogens is 1. The summed E-state index contributed by atoms with van der Waals surface area (Å²) in [6.07, 6.45) is 0.557. The summed E-state index contributed by atoms with van der Waals surface area (Å²) in [7, 11) is 0. The van der Waals surface area contributed by atoms with Gasteiger partial charge in [0.2, 0.25) is 17.7 Å². The van der Waals surface area contributed by atoms with Gasteiger partial charge < -0.3 is 47.1 Å². The predicted octanol–water partition coefficient (Wildman–Crippen LogP) is -2.96. The molecule has 2 aromatic rings. The standard InChI is InChI=1S/C21H27N5O9/c22-12(8-27)18(31)26-16(9-28)20(33)24-14(19(32)25-15(21(34)35)6-17(29)30)5-10-7-23-13-4-2-1-3-11(10)13/h1-4,7,12,14-16,23,27-28H,5-6,8-9,22H2,(H,24,33)(H,25,32)(H,26,31)(H,29,30)(H,34,35). The van der Waals surface area contributed by atoms with Crippen LogP contribution in [0.25, 0.3) is 10.9 Å². The van der Waals surface area contributed by atoms with Crippen molar-refractivity contribution in [3.8, 4) is 0 Å². The SMILES string of the molecule is NC(CO)C(=O)NC(CO)C(=O)NC(Cc1c[nH]c2ccccc12)C(=O)NC(CC(=O)O)C(=O)O. The molecule has 0 aliphatic carbocycles. The number of carboxylic acids is 2. The molecule has 0 aliphatic rings. The lowest BCUT2D eigenvalue weighted by molar-refractivity contribution is -0.147. The summed E-state index contributed by atoms with van der Waals surface area (Å²) < 4.78 is 0. The molecule has 14 heteroatoms. The number of carbonyl (C=O) groups is 5. The summed E-state index contributed by atoms with van der Waals surface area (Å²) in [6, 6.07) is 1.01. The number of carbonyl (C=O) groups excluding carboxylic acids is 3. The summed E-state index contributed by atoms with van der Waals surface area (Å²) in [4.78, 5) is 62.9. The summed E-state index contributed by atoms with van der Waals surface area (Å²) in [5.74, 6) is -5.95. The zero-order valence-electron chi connectivity index (χ0n) is 18.4. The van der Waals surface area contributed by atoms with E-state index in [1.165, 1.54) is 0 Å². The molecular formula is C21H27N5O9. The molecule has 0 spiro atoms. The van der Waals surface area contributed by atoms with Crippen LogP contribution in [0.3, 0.4) is 0 Å². The molecule has 35 heavy (non-hydrogen) atoms. The van der Waals surface area contributed by atoms with Crippen LogP contribution in [-0.2, 0) is 30.4 Å². The quantitative estimate of drug-likeness (QED) is 0.137. The van der Waals surface area contributed by atoms with Crippen LogP contribution in [0.2, 0.25) is 0 Å². The smallest absolute Gasteiger partial charge is 0.326 e. The largest absolute Gasteiger partial charge is 0.481 e. The van der Waals surface area contributed by atoms with Crippen LogP contribution in [-0.4, -0.2) is 92.5 Å². The molecule has 4 atom stereocenters. The van der Waals surface area contributed by atoms with Gasteiger partial charge in [0.25, 0.3) is 0 Å². The lowest BCUT2D eigenvalue weighted by atomic mass is 10.0. The number of H-pyrrole nitrogens is 1. The van der Waals surface area contributed by atoms with Gasteiger partial charge in [-0.05, 0) is 11.6 Å². The molecule has 1 aromatic heterocycles. The fourth-order valence-electron chi connectivity index (χ4n) is 3.20. The van der Waals surface area contributed by atoms with Crippen LogP contribution in [0, 0.1) is 0 Å². The fourth-order valence-corrected chi connectivity index (χ4v) is 3.20. The molecule has 14 nitrogen and oxygen atoms in total. The first-order chi connectivity index (χ1) is 16.6. The average molecular weight is 493 g/mol. The van der Waals surface area contributed by atoms with E-state index in [9.17, 15) is 34.2 Å². The lowest BCUT2D eigenvalue weighted by Crippen LogP contribution is -2.59. The lowest BCUT2D eigenvalue weighted by Gasteiger charge is -2.24. The molecule has 0 aliphatic heterocycles. The Morgan fingerprint density at radius 3 is 2.06 bits per heavy atom. The number of benzene rings is 1. The highest BCUT2D eigenvalue weighted by Gasteiger charge is 2.31. The number of carboxylic acid groups (broad SMARTS) is 2. The second kappa shape index (κ2) is 12.5. The molecule has 2 rings (SSSR count). The van der Waals surface area contributed by atoms with Gasteiger partial charge in [-0.3, -0.25) is 19.2 Å². The molecule has 10 N–H and O–H groups in total. The van der Waals surface area contributed by atoms with Crippen molar-refractivity contribution in [1.82, 2.24) is 20.9 Å². The van der Waals surface area contributed by atoms with Gasteiger partial charge in [-0.25, -0.2) is 4.79 Å². The van der Waals surface area contributed by atoms with Crippen molar-refractivity contribution in [3.05, 3.63) is 36.0 Å². The Kier molecular flexibility index (Phi) is 9.69. The molecule has 0 saturated heterocycles. The number of para-hydroxylation sites is 1. The number of nitrogens with one attached hydrogen (secondary N) is 4. The molecule has 1 aromatic carbocycles.